The van der Waals surface area contributed by atoms with E-state index in [1.54, 1.807) is 42.1 Å². The van der Waals surface area contributed by atoms with Crippen molar-refractivity contribution < 1.29 is 69.1 Å². The van der Waals surface area contributed by atoms with Gasteiger partial charge in [0.15, 0.2) is 0 Å². The molecule has 1 radical (unpaired) electrons. The molecule has 333 valence electrons. The van der Waals surface area contributed by atoms with Crippen LogP contribution in [0.25, 0.3) is 0 Å². The molecule has 10 nitrogen and oxygen atoms in total. The van der Waals surface area contributed by atoms with Crippen LogP contribution in [0.5, 0.6) is 23.3 Å². The Morgan fingerprint density at radius 2 is 1.14 bits per heavy atom. The molecule has 20 heteroatoms. The summed E-state index contributed by atoms with van der Waals surface area (Å²) < 4.78 is 130. The van der Waals surface area contributed by atoms with Gasteiger partial charge >= 0.3 is 18.5 Å². The fourth-order valence-corrected chi connectivity index (χ4v) is 6.05. The van der Waals surface area contributed by atoms with Gasteiger partial charge in [-0.05, 0) is 45.2 Å². The fourth-order valence-electron chi connectivity index (χ4n) is 6.05. The van der Waals surface area contributed by atoms with Crippen molar-refractivity contribution in [1.82, 2.24) is 15.0 Å². The average molecular weight is 1060 g/mol. The van der Waals surface area contributed by atoms with Crippen molar-refractivity contribution in [2.45, 2.75) is 32.4 Å². The van der Waals surface area contributed by atoms with E-state index in [-0.39, 0.29) is 54.7 Å². The molecular weight excluding hydrogens is 1020 g/mol. The first kappa shape index (κ1) is 46.2. The molecule has 2 aliphatic rings. The number of fused-ring (bicyclic) bond motifs is 2. The number of rotatable bonds is 7. The number of pyridine rings is 3. The number of ether oxygens (including phenoxy) is 2. The Balaban J connectivity index is 0.000000206. The van der Waals surface area contributed by atoms with Crippen LogP contribution in [0.1, 0.15) is 28.1 Å². The molecule has 0 saturated heterocycles. The summed E-state index contributed by atoms with van der Waals surface area (Å²) in [6, 6.07) is 25.9. The van der Waals surface area contributed by atoms with E-state index in [1.807, 2.05) is 50.1 Å². The van der Waals surface area contributed by atoms with Gasteiger partial charge in [-0.1, -0.05) is 16.7 Å². The molecule has 0 saturated carbocycles. The molecule has 0 amide bonds. The molecule has 0 fully saturated rings. The minimum atomic E-state index is -4.57. The van der Waals surface area contributed by atoms with Crippen LogP contribution in [-0.2, 0) is 38.6 Å². The van der Waals surface area contributed by atoms with Crippen LogP contribution < -0.4 is 34.4 Å². The molecule has 63 heavy (non-hydrogen) atoms. The zero-order valence-electron chi connectivity index (χ0n) is 33.4. The van der Waals surface area contributed by atoms with E-state index in [1.165, 1.54) is 12.1 Å². The summed E-state index contributed by atoms with van der Waals surface area (Å²) >= 11 is 0. The minimum absolute atomic E-state index is 0. The maximum absolute atomic E-state index is 13.8. The normalized spacial score (nSPS) is 13.3. The second-order valence-corrected chi connectivity index (χ2v) is 14.0. The number of hydrogen-bond donors (Lipinski definition) is 1. The third kappa shape index (κ3) is 10.7. The van der Waals surface area contributed by atoms with E-state index in [9.17, 15) is 39.5 Å². The Morgan fingerprint density at radius 1 is 0.635 bits per heavy atom. The maximum Gasteiger partial charge on any atom is 0.394 e. The van der Waals surface area contributed by atoms with Gasteiger partial charge in [0, 0.05) is 86.3 Å². The number of hydrogen-bond acceptors (Lipinski definition) is 10. The number of anilines is 7. The molecule has 0 spiro atoms. The van der Waals surface area contributed by atoms with Crippen molar-refractivity contribution in [2.75, 3.05) is 46.1 Å². The van der Waals surface area contributed by atoms with Gasteiger partial charge in [0.2, 0.25) is 11.8 Å². The van der Waals surface area contributed by atoms with Gasteiger partial charge < -0.3 is 34.4 Å². The van der Waals surface area contributed by atoms with E-state index in [4.69, 9.17) is 9.47 Å². The summed E-state index contributed by atoms with van der Waals surface area (Å²) in [5.74, 6) is 0.331. The molecule has 0 unspecified atom stereocenters. The van der Waals surface area contributed by atoms with Crippen molar-refractivity contribution in [3.63, 3.8) is 0 Å². The Hall–Kier alpha value is -6.27. The van der Waals surface area contributed by atoms with Crippen LogP contribution in [0, 0.1) is 45.4 Å². The first-order chi connectivity index (χ1) is 29.1. The summed E-state index contributed by atoms with van der Waals surface area (Å²) in [5, 5.41) is 3.05. The summed E-state index contributed by atoms with van der Waals surface area (Å²) in [5.41, 5.74) is 1.36. The van der Waals surface area contributed by atoms with Crippen molar-refractivity contribution in [2.24, 2.45) is 0 Å². The Kier molecular flexibility index (Phi) is 13.1. The van der Waals surface area contributed by atoms with Crippen LogP contribution in [0.3, 0.4) is 0 Å². The van der Waals surface area contributed by atoms with E-state index in [2.05, 4.69) is 38.5 Å². The fraction of sp³-hybridized carbons (Fsp3) is 0.186. The van der Waals surface area contributed by atoms with Crippen LogP contribution in [0.4, 0.5) is 79.6 Å². The maximum atomic E-state index is 13.8. The zero-order chi connectivity index (χ0) is 44.7. The molecule has 0 atom stereocenters. The molecule has 0 bridgehead atoms. The smallest absolute Gasteiger partial charge is 0.394 e. The monoisotopic (exact) mass is 1060 g/mol. The summed E-state index contributed by atoms with van der Waals surface area (Å²) in [7, 11) is 5.18. The number of benzene rings is 3. The molecular formula is C43H32F9IrN8O2-5. The molecule has 2 aliphatic heterocycles. The first-order valence-electron chi connectivity index (χ1n) is 18.2. The second kappa shape index (κ2) is 17.8. The first-order valence-corrected chi connectivity index (χ1v) is 18.2. The number of halogens is 9. The standard InChI is InChI=1S/C22H18F3N6.C21H14F6N2O2.Ir/c1-13-4-6-18-20(27-13)30(11-26-18)16-8-15(22(23,24)25)9-17(10-16)31-12-29(3)19-7-5-14(2)28-21(19)31;1-29(2)15-11-18(30-16-7-3-5-13(9-16)20(22,23)24)28-19(12-15)31-17-8-4-6-14(10-17)21(25,26)27;/h4-9,11-12,26H,1-3H3;3-6,9-12H,1-2H3;/q-3;-2;. The Bertz CT molecular complexity index is 2530. The van der Waals surface area contributed by atoms with E-state index >= 15 is 0 Å². The van der Waals surface area contributed by atoms with Gasteiger partial charge in [-0.15, -0.1) is 53.8 Å². The molecule has 6 aromatic rings. The Labute approximate surface area is 369 Å². The molecule has 3 aromatic heterocycles. The average Bonchev–Trinajstić information content (AvgIpc) is 3.77. The van der Waals surface area contributed by atoms with Crippen molar-refractivity contribution in [1.29, 1.82) is 0 Å². The van der Waals surface area contributed by atoms with Crippen molar-refractivity contribution in [3.8, 4) is 23.3 Å². The van der Waals surface area contributed by atoms with Crippen LogP contribution in [0.2, 0.25) is 0 Å². The van der Waals surface area contributed by atoms with Crippen molar-refractivity contribution >= 4 is 40.1 Å². The largest absolute Gasteiger partial charge is 0.513 e. The molecule has 1 N–H and O–H groups in total. The van der Waals surface area contributed by atoms with E-state index < -0.39 is 35.2 Å². The SMILES string of the molecule is CN(C)c1cc(Oc2[c-]ccc(C(F)(F)F)c2)nc(Oc2[c-]ccc(C(F)(F)F)c2)c1.Cc1ccc2c(n1)N(c1[c-]c(N3[CH-]N(C)c4ccc(C)nc43)cc(C(F)(F)F)c1)[CH-]N2.[Ir]. The number of nitrogens with zero attached hydrogens (tertiary/aromatic N) is 7. The van der Waals surface area contributed by atoms with Gasteiger partial charge in [0.25, 0.3) is 0 Å². The zero-order valence-corrected chi connectivity index (χ0v) is 35.8. The van der Waals surface area contributed by atoms with Crippen molar-refractivity contribution in [3.05, 3.63) is 145 Å². The number of nitrogens with one attached hydrogen (secondary N) is 1. The van der Waals surface area contributed by atoms with Gasteiger partial charge in [-0.2, -0.15) is 82.1 Å². The number of aromatic nitrogens is 3. The van der Waals surface area contributed by atoms with Crippen LogP contribution >= 0.6 is 0 Å². The predicted molar refractivity (Wildman–Crippen MR) is 212 cm³/mol. The third-order valence-electron chi connectivity index (χ3n) is 9.08. The van der Waals surface area contributed by atoms with E-state index in [0.29, 0.717) is 23.0 Å². The van der Waals surface area contributed by atoms with Gasteiger partial charge in [-0.25, -0.2) is 9.97 Å². The quantitative estimate of drug-likeness (QED) is 0.123. The predicted octanol–water partition coefficient (Wildman–Crippen LogP) is 11.7. The minimum Gasteiger partial charge on any atom is -0.513 e. The van der Waals surface area contributed by atoms with E-state index in [0.717, 1.165) is 65.6 Å². The summed E-state index contributed by atoms with van der Waals surface area (Å²) in [6.45, 7) is 6.96. The molecule has 8 rings (SSSR count). The topological polar surface area (TPSA) is 82.1 Å². The van der Waals surface area contributed by atoms with Crippen LogP contribution in [0.15, 0.2) is 84.9 Å². The van der Waals surface area contributed by atoms with Gasteiger partial charge in [0.05, 0.1) is 0 Å². The molecule has 5 heterocycles. The number of aryl methyl sites for hydroxylation is 2. The molecule has 3 aromatic carbocycles. The second-order valence-electron chi connectivity index (χ2n) is 14.0. The van der Waals surface area contributed by atoms with Crippen LogP contribution in [-0.4, -0.2) is 36.1 Å². The summed E-state index contributed by atoms with van der Waals surface area (Å²) in [6.07, 6.45) is -13.7. The summed E-state index contributed by atoms with van der Waals surface area (Å²) in [4.78, 5) is 19.7. The number of alkyl halides is 9. The Morgan fingerprint density at radius 3 is 1.67 bits per heavy atom. The molecule has 0 aliphatic carbocycles. The third-order valence-corrected chi connectivity index (χ3v) is 9.08. The van der Waals surface area contributed by atoms with Gasteiger partial charge in [0.1, 0.15) is 11.6 Å². The van der Waals surface area contributed by atoms with Gasteiger partial charge in [-0.3, -0.25) is 0 Å².